The molecule has 0 saturated carbocycles. The molecule has 1 atom stereocenters. The summed E-state index contributed by atoms with van der Waals surface area (Å²) < 4.78 is 28.7. The molecule has 2 aliphatic rings. The summed E-state index contributed by atoms with van der Waals surface area (Å²) >= 11 is 1.89. The summed E-state index contributed by atoms with van der Waals surface area (Å²) in [5.74, 6) is 1.50. The van der Waals surface area contributed by atoms with E-state index in [0.717, 1.165) is 29.9 Å². The number of hydrogen-bond donors (Lipinski definition) is 1. The highest BCUT2D eigenvalue weighted by Crippen LogP contribution is 2.30. The normalized spacial score (nSPS) is 19.1. The number of nitrogens with zero attached hydrogens (tertiary/aromatic N) is 3. The SMILES string of the molecule is O=c1nc(NCc2cccc(F)c2F)cc2n1CC1CSCCN21. The Morgan fingerprint density at radius 2 is 2.25 bits per heavy atom. The third-order valence-electron chi connectivity index (χ3n) is 4.40. The van der Waals surface area contributed by atoms with Crippen LogP contribution in [0.4, 0.5) is 20.4 Å². The quantitative estimate of drug-likeness (QED) is 0.918. The monoisotopic (exact) mass is 350 g/mol. The first-order valence-electron chi connectivity index (χ1n) is 7.76. The van der Waals surface area contributed by atoms with Crippen LogP contribution in [0.2, 0.25) is 0 Å². The number of aromatic nitrogens is 2. The lowest BCUT2D eigenvalue weighted by Crippen LogP contribution is -2.39. The van der Waals surface area contributed by atoms with Crippen molar-refractivity contribution in [2.45, 2.75) is 19.1 Å². The Balaban J connectivity index is 1.58. The summed E-state index contributed by atoms with van der Waals surface area (Å²) in [6, 6.07) is 6.18. The zero-order valence-corrected chi connectivity index (χ0v) is 13.7. The van der Waals surface area contributed by atoms with Crippen molar-refractivity contribution < 1.29 is 8.78 Å². The van der Waals surface area contributed by atoms with Crippen molar-refractivity contribution in [1.82, 2.24) is 9.55 Å². The summed E-state index contributed by atoms with van der Waals surface area (Å²) in [7, 11) is 0. The second-order valence-corrected chi connectivity index (χ2v) is 7.03. The van der Waals surface area contributed by atoms with Gasteiger partial charge in [-0.2, -0.15) is 16.7 Å². The van der Waals surface area contributed by atoms with Gasteiger partial charge in [0.05, 0.1) is 12.6 Å². The molecule has 24 heavy (non-hydrogen) atoms. The average molecular weight is 350 g/mol. The first-order chi connectivity index (χ1) is 11.6. The smallest absolute Gasteiger partial charge is 0.351 e. The van der Waals surface area contributed by atoms with Crippen LogP contribution in [0.3, 0.4) is 0 Å². The van der Waals surface area contributed by atoms with Crippen LogP contribution in [-0.4, -0.2) is 33.6 Å². The molecule has 0 spiro atoms. The van der Waals surface area contributed by atoms with Gasteiger partial charge in [-0.25, -0.2) is 13.6 Å². The Labute approximate surface area is 141 Å². The minimum absolute atomic E-state index is 0.0682. The van der Waals surface area contributed by atoms with Gasteiger partial charge in [0.2, 0.25) is 0 Å². The third kappa shape index (κ3) is 2.64. The number of benzene rings is 1. The van der Waals surface area contributed by atoms with E-state index < -0.39 is 11.6 Å². The molecule has 4 rings (SSSR count). The first-order valence-corrected chi connectivity index (χ1v) is 8.92. The lowest BCUT2D eigenvalue weighted by Gasteiger charge is -2.30. The molecule has 3 heterocycles. The summed E-state index contributed by atoms with van der Waals surface area (Å²) in [5, 5.41) is 2.93. The minimum atomic E-state index is -0.884. The molecule has 2 aliphatic heterocycles. The second-order valence-electron chi connectivity index (χ2n) is 5.88. The Bertz CT molecular complexity index is 841. The minimum Gasteiger partial charge on any atom is -0.366 e. The van der Waals surface area contributed by atoms with E-state index in [-0.39, 0.29) is 17.8 Å². The zero-order chi connectivity index (χ0) is 16.7. The van der Waals surface area contributed by atoms with E-state index in [9.17, 15) is 13.6 Å². The molecule has 1 aromatic carbocycles. The van der Waals surface area contributed by atoms with Crippen molar-refractivity contribution >= 4 is 23.4 Å². The average Bonchev–Trinajstić information content (AvgIpc) is 2.96. The molecule has 126 valence electrons. The molecule has 1 saturated heterocycles. The van der Waals surface area contributed by atoms with Crippen LogP contribution in [0.25, 0.3) is 0 Å². The number of anilines is 2. The highest BCUT2D eigenvalue weighted by atomic mass is 32.2. The largest absolute Gasteiger partial charge is 0.366 e. The summed E-state index contributed by atoms with van der Waals surface area (Å²) in [4.78, 5) is 18.5. The number of nitrogens with one attached hydrogen (secondary N) is 1. The lowest BCUT2D eigenvalue weighted by molar-refractivity contribution is 0.500. The molecule has 1 N–H and O–H groups in total. The number of fused-ring (bicyclic) bond motifs is 3. The predicted octanol–water partition coefficient (Wildman–Crippen LogP) is 2.07. The van der Waals surface area contributed by atoms with E-state index in [0.29, 0.717) is 18.4 Å². The zero-order valence-electron chi connectivity index (χ0n) is 12.8. The van der Waals surface area contributed by atoms with Crippen molar-refractivity contribution in [2.24, 2.45) is 0 Å². The van der Waals surface area contributed by atoms with Crippen LogP contribution < -0.4 is 15.9 Å². The molecule has 0 bridgehead atoms. The van der Waals surface area contributed by atoms with Gasteiger partial charge in [-0.1, -0.05) is 12.1 Å². The summed E-state index contributed by atoms with van der Waals surface area (Å²) in [6.45, 7) is 1.63. The second kappa shape index (κ2) is 6.08. The predicted molar refractivity (Wildman–Crippen MR) is 90.6 cm³/mol. The number of thioether (sulfide) groups is 1. The third-order valence-corrected chi connectivity index (χ3v) is 5.49. The molecular formula is C16H16F2N4OS. The van der Waals surface area contributed by atoms with Gasteiger partial charge in [0.25, 0.3) is 0 Å². The number of rotatable bonds is 3. The summed E-state index contributed by atoms with van der Waals surface area (Å²) in [6.07, 6.45) is 0. The van der Waals surface area contributed by atoms with Crippen LogP contribution in [0.5, 0.6) is 0 Å². The van der Waals surface area contributed by atoms with Crippen LogP contribution in [-0.2, 0) is 13.1 Å². The van der Waals surface area contributed by atoms with Crippen molar-refractivity contribution in [3.8, 4) is 0 Å². The van der Waals surface area contributed by atoms with Gasteiger partial charge >= 0.3 is 5.69 Å². The maximum atomic E-state index is 13.7. The molecule has 1 fully saturated rings. The molecule has 8 heteroatoms. The van der Waals surface area contributed by atoms with Gasteiger partial charge in [0.15, 0.2) is 11.6 Å². The fourth-order valence-electron chi connectivity index (χ4n) is 3.18. The maximum absolute atomic E-state index is 13.7. The Morgan fingerprint density at radius 1 is 1.38 bits per heavy atom. The molecular weight excluding hydrogens is 334 g/mol. The van der Waals surface area contributed by atoms with E-state index >= 15 is 0 Å². The first kappa shape index (κ1) is 15.4. The fraction of sp³-hybridized carbons (Fsp3) is 0.375. The van der Waals surface area contributed by atoms with Crippen LogP contribution >= 0.6 is 11.8 Å². The van der Waals surface area contributed by atoms with E-state index in [1.54, 1.807) is 4.57 Å². The molecule has 1 aromatic heterocycles. The van der Waals surface area contributed by atoms with Gasteiger partial charge in [-0.15, -0.1) is 0 Å². The van der Waals surface area contributed by atoms with Crippen LogP contribution in [0, 0.1) is 11.6 Å². The highest BCUT2D eigenvalue weighted by molar-refractivity contribution is 7.99. The van der Waals surface area contributed by atoms with Crippen molar-refractivity contribution in [1.29, 1.82) is 0 Å². The van der Waals surface area contributed by atoms with E-state index in [1.807, 2.05) is 17.8 Å². The fourth-order valence-corrected chi connectivity index (χ4v) is 4.23. The van der Waals surface area contributed by atoms with Crippen LogP contribution in [0.1, 0.15) is 5.56 Å². The summed E-state index contributed by atoms with van der Waals surface area (Å²) in [5.41, 5.74) is -0.112. The topological polar surface area (TPSA) is 50.2 Å². The highest BCUT2D eigenvalue weighted by Gasteiger charge is 2.32. The van der Waals surface area contributed by atoms with Crippen molar-refractivity contribution in [2.75, 3.05) is 28.3 Å². The Kier molecular flexibility index (Phi) is 3.91. The van der Waals surface area contributed by atoms with Gasteiger partial charge < -0.3 is 10.2 Å². The van der Waals surface area contributed by atoms with Gasteiger partial charge in [-0.3, -0.25) is 4.57 Å². The Morgan fingerprint density at radius 3 is 3.12 bits per heavy atom. The molecule has 0 amide bonds. The van der Waals surface area contributed by atoms with Crippen molar-refractivity contribution in [3.05, 3.63) is 51.9 Å². The van der Waals surface area contributed by atoms with Gasteiger partial charge in [0, 0.05) is 36.2 Å². The van der Waals surface area contributed by atoms with Gasteiger partial charge in [-0.05, 0) is 6.07 Å². The lowest BCUT2D eigenvalue weighted by atomic mass is 10.2. The molecule has 2 aromatic rings. The van der Waals surface area contributed by atoms with Gasteiger partial charge in [0.1, 0.15) is 11.6 Å². The molecule has 5 nitrogen and oxygen atoms in total. The standard InChI is InChI=1S/C16H16F2N4OS/c17-12-3-1-2-10(15(12)18)7-19-13-6-14-21-4-5-24-9-11(21)8-22(14)16(23)20-13/h1-3,6,11H,4-5,7-9H2,(H,19,20,23). The number of hydrogen-bond acceptors (Lipinski definition) is 5. The Hall–Kier alpha value is -2.09. The number of halogens is 2. The maximum Gasteiger partial charge on any atom is 0.351 e. The molecule has 1 unspecified atom stereocenters. The van der Waals surface area contributed by atoms with Crippen LogP contribution in [0.15, 0.2) is 29.1 Å². The van der Waals surface area contributed by atoms with E-state index in [1.165, 1.54) is 12.1 Å². The van der Waals surface area contributed by atoms with E-state index in [4.69, 9.17) is 0 Å². The molecule has 0 aliphatic carbocycles. The van der Waals surface area contributed by atoms with E-state index in [2.05, 4.69) is 15.2 Å². The molecule has 0 radical (unpaired) electrons. The van der Waals surface area contributed by atoms with Crippen molar-refractivity contribution in [3.63, 3.8) is 0 Å².